The van der Waals surface area contributed by atoms with Crippen molar-refractivity contribution >= 4 is 47.8 Å². The van der Waals surface area contributed by atoms with Crippen molar-refractivity contribution in [2.24, 2.45) is 0 Å². The molecule has 96 valence electrons. The fourth-order valence-corrected chi connectivity index (χ4v) is 4.30. The minimum absolute atomic E-state index is 0.0687. The first-order valence-electron chi connectivity index (χ1n) is 5.49. The molecule has 0 saturated carbocycles. The van der Waals surface area contributed by atoms with Crippen LogP contribution in [-0.2, 0) is 10.2 Å². The van der Waals surface area contributed by atoms with Gasteiger partial charge in [-0.05, 0) is 31.0 Å². The largest absolute Gasteiger partial charge is 0.382 e. The maximum Gasteiger partial charge on any atom is 0.0552 e. The average Bonchev–Trinajstić information content (AvgIpc) is 2.35. The van der Waals surface area contributed by atoms with Gasteiger partial charge in [0.15, 0.2) is 0 Å². The van der Waals surface area contributed by atoms with Gasteiger partial charge in [0.25, 0.3) is 0 Å². The molecule has 0 saturated heterocycles. The van der Waals surface area contributed by atoms with Crippen LogP contribution in [0.2, 0.25) is 0 Å². The van der Waals surface area contributed by atoms with Gasteiger partial charge in [0.2, 0.25) is 0 Å². The summed E-state index contributed by atoms with van der Waals surface area (Å²) in [5.41, 5.74) is 1.39. The van der Waals surface area contributed by atoms with Gasteiger partial charge in [-0.2, -0.15) is 0 Å². The van der Waals surface area contributed by atoms with Gasteiger partial charge in [0.05, 0.1) is 6.10 Å². The molecule has 1 nitrogen and oxygen atoms in total. The highest BCUT2D eigenvalue weighted by Crippen LogP contribution is 2.35. The maximum atomic E-state index is 5.41. The zero-order chi connectivity index (χ0) is 12.9. The standard InChI is InChI=1S/C13H17Br3O/c1-10(17-2)7-13(8-14,9-15)11-4-3-5-12(16)6-11/h3-6,10H,7-9H2,1-2H3. The van der Waals surface area contributed by atoms with E-state index in [0.29, 0.717) is 0 Å². The first kappa shape index (κ1) is 15.7. The second-order valence-corrected chi connectivity index (χ2v) is 6.35. The number of methoxy groups -OCH3 is 1. The number of ether oxygens (including phenoxy) is 1. The quantitative estimate of drug-likeness (QED) is 0.585. The van der Waals surface area contributed by atoms with Crippen LogP contribution in [0.1, 0.15) is 18.9 Å². The Morgan fingerprint density at radius 3 is 2.41 bits per heavy atom. The van der Waals surface area contributed by atoms with Crippen molar-refractivity contribution in [3.63, 3.8) is 0 Å². The van der Waals surface area contributed by atoms with Crippen molar-refractivity contribution in [3.8, 4) is 0 Å². The van der Waals surface area contributed by atoms with Gasteiger partial charge in [-0.3, -0.25) is 0 Å². The smallest absolute Gasteiger partial charge is 0.0552 e. The third-order valence-electron chi connectivity index (χ3n) is 3.03. The van der Waals surface area contributed by atoms with Gasteiger partial charge in [0.1, 0.15) is 0 Å². The maximum absolute atomic E-state index is 5.41. The minimum atomic E-state index is 0.0687. The van der Waals surface area contributed by atoms with E-state index in [0.717, 1.165) is 21.6 Å². The van der Waals surface area contributed by atoms with Crippen LogP contribution in [-0.4, -0.2) is 23.9 Å². The molecule has 0 aliphatic heterocycles. The van der Waals surface area contributed by atoms with Crippen LogP contribution in [0.3, 0.4) is 0 Å². The summed E-state index contributed by atoms with van der Waals surface area (Å²) in [7, 11) is 1.76. The molecule has 0 aliphatic carbocycles. The monoisotopic (exact) mass is 426 g/mol. The van der Waals surface area contributed by atoms with Crippen LogP contribution < -0.4 is 0 Å². The number of halogens is 3. The van der Waals surface area contributed by atoms with Gasteiger partial charge in [-0.25, -0.2) is 0 Å². The molecule has 17 heavy (non-hydrogen) atoms. The molecule has 0 heterocycles. The van der Waals surface area contributed by atoms with Crippen molar-refractivity contribution in [1.82, 2.24) is 0 Å². The van der Waals surface area contributed by atoms with Crippen LogP contribution in [0.15, 0.2) is 28.7 Å². The molecule has 0 radical (unpaired) electrons. The summed E-state index contributed by atoms with van der Waals surface area (Å²) in [6, 6.07) is 8.49. The Morgan fingerprint density at radius 1 is 1.29 bits per heavy atom. The highest BCUT2D eigenvalue weighted by atomic mass is 79.9. The molecule has 4 heteroatoms. The molecule has 0 fully saturated rings. The fraction of sp³-hybridized carbons (Fsp3) is 0.538. The van der Waals surface area contributed by atoms with Crippen LogP contribution >= 0.6 is 47.8 Å². The molecule has 0 aliphatic rings. The van der Waals surface area contributed by atoms with Crippen LogP contribution in [0.25, 0.3) is 0 Å². The zero-order valence-electron chi connectivity index (χ0n) is 10.1. The van der Waals surface area contributed by atoms with Gasteiger partial charge in [-0.15, -0.1) is 0 Å². The van der Waals surface area contributed by atoms with Gasteiger partial charge >= 0.3 is 0 Å². The second kappa shape index (κ2) is 7.27. The predicted octanol–water partition coefficient (Wildman–Crippen LogP) is 4.90. The Labute approximate surface area is 129 Å². The molecule has 0 bridgehead atoms. The van der Waals surface area contributed by atoms with E-state index in [1.165, 1.54) is 5.56 Å². The number of hydrogen-bond donors (Lipinski definition) is 0. The molecular formula is C13H17Br3O. The van der Waals surface area contributed by atoms with E-state index in [4.69, 9.17) is 4.74 Å². The van der Waals surface area contributed by atoms with Crippen molar-refractivity contribution in [3.05, 3.63) is 34.3 Å². The summed E-state index contributed by atoms with van der Waals surface area (Å²) in [6.07, 6.45) is 1.22. The normalized spacial score (nSPS) is 13.7. The van der Waals surface area contributed by atoms with Crippen LogP contribution in [0.4, 0.5) is 0 Å². The van der Waals surface area contributed by atoms with E-state index >= 15 is 0 Å². The van der Waals surface area contributed by atoms with Crippen molar-refractivity contribution in [2.75, 3.05) is 17.8 Å². The van der Waals surface area contributed by atoms with E-state index < -0.39 is 0 Å². The number of rotatable bonds is 6. The number of benzene rings is 1. The zero-order valence-corrected chi connectivity index (χ0v) is 14.8. The Balaban J connectivity index is 3.06. The van der Waals surface area contributed by atoms with E-state index in [1.54, 1.807) is 7.11 Å². The topological polar surface area (TPSA) is 9.23 Å². The van der Waals surface area contributed by atoms with Gasteiger partial charge in [0, 0.05) is 27.7 Å². The number of alkyl halides is 2. The summed E-state index contributed by atoms with van der Waals surface area (Å²) in [6.45, 7) is 2.11. The second-order valence-electron chi connectivity index (χ2n) is 4.31. The SMILES string of the molecule is COC(C)CC(CBr)(CBr)c1cccc(Br)c1. The summed E-state index contributed by atoms with van der Waals surface area (Å²) >= 11 is 10.8. The molecule has 1 unspecified atom stereocenters. The summed E-state index contributed by atoms with van der Waals surface area (Å²) in [5.74, 6) is 0. The molecule has 0 aromatic heterocycles. The van der Waals surface area contributed by atoms with Crippen LogP contribution in [0.5, 0.6) is 0 Å². The number of hydrogen-bond acceptors (Lipinski definition) is 1. The molecule has 1 aromatic carbocycles. The average molecular weight is 429 g/mol. The predicted molar refractivity (Wildman–Crippen MR) is 84.5 cm³/mol. The molecule has 0 N–H and O–H groups in total. The summed E-state index contributed by atoms with van der Waals surface area (Å²) in [5, 5.41) is 1.82. The van der Waals surface area contributed by atoms with Crippen molar-refractivity contribution in [1.29, 1.82) is 0 Å². The Kier molecular flexibility index (Phi) is 6.70. The molecular weight excluding hydrogens is 412 g/mol. The Morgan fingerprint density at radius 2 is 1.94 bits per heavy atom. The summed E-state index contributed by atoms with van der Waals surface area (Å²) < 4.78 is 6.52. The third kappa shape index (κ3) is 4.05. The Hall–Kier alpha value is 0.620. The van der Waals surface area contributed by atoms with Crippen LogP contribution in [0, 0.1) is 0 Å². The highest BCUT2D eigenvalue weighted by Gasteiger charge is 2.32. The summed E-state index contributed by atoms with van der Waals surface area (Å²) in [4.78, 5) is 0. The van der Waals surface area contributed by atoms with E-state index in [-0.39, 0.29) is 11.5 Å². The lowest BCUT2D eigenvalue weighted by Gasteiger charge is -2.33. The lowest BCUT2D eigenvalue weighted by atomic mass is 9.80. The molecule has 1 aromatic rings. The lowest BCUT2D eigenvalue weighted by molar-refractivity contribution is 0.0945. The Bertz CT molecular complexity index is 350. The lowest BCUT2D eigenvalue weighted by Crippen LogP contribution is -2.34. The van der Waals surface area contributed by atoms with E-state index in [1.807, 2.05) is 0 Å². The highest BCUT2D eigenvalue weighted by molar-refractivity contribution is 9.10. The van der Waals surface area contributed by atoms with Gasteiger partial charge < -0.3 is 4.74 Å². The molecule has 0 spiro atoms. The van der Waals surface area contributed by atoms with Gasteiger partial charge in [-0.1, -0.05) is 59.9 Å². The van der Waals surface area contributed by atoms with E-state index in [9.17, 15) is 0 Å². The minimum Gasteiger partial charge on any atom is -0.382 e. The molecule has 1 rings (SSSR count). The first-order valence-corrected chi connectivity index (χ1v) is 8.52. The van der Waals surface area contributed by atoms with E-state index in [2.05, 4.69) is 79.0 Å². The third-order valence-corrected chi connectivity index (χ3v) is 5.67. The van der Waals surface area contributed by atoms with Crippen molar-refractivity contribution < 1.29 is 4.74 Å². The fourth-order valence-electron chi connectivity index (χ4n) is 1.87. The van der Waals surface area contributed by atoms with Crippen molar-refractivity contribution in [2.45, 2.75) is 24.9 Å². The first-order chi connectivity index (χ1) is 8.07. The molecule has 0 amide bonds. The molecule has 1 atom stereocenters.